The standard InChI is InChI=1S/C30H29NO4/c32-27(33)20-34-26-16-8-10-22(19-26)17-21-9-7-15-25(18-21)30-31-28(23-11-3-1-4-12-23)29(35-30)24-13-5-2-6-14-24/h1-6,8,10-14,16,19,21,25H,7,9,15,17-18,20H2,(H,32,33). The highest BCUT2D eigenvalue weighted by Gasteiger charge is 2.29. The second-order valence-corrected chi connectivity index (χ2v) is 9.23. The Bertz CT molecular complexity index is 1210. The minimum absolute atomic E-state index is 0.278. The summed E-state index contributed by atoms with van der Waals surface area (Å²) >= 11 is 0. The number of rotatable bonds is 8. The van der Waals surface area contributed by atoms with Crippen LogP contribution in [0.2, 0.25) is 0 Å². The molecule has 178 valence electrons. The van der Waals surface area contributed by atoms with E-state index in [1.807, 2.05) is 48.5 Å². The maximum atomic E-state index is 10.8. The Kier molecular flexibility index (Phi) is 6.94. The van der Waals surface area contributed by atoms with E-state index in [0.717, 1.165) is 60.6 Å². The Morgan fingerprint density at radius 1 is 0.943 bits per heavy atom. The fraction of sp³-hybridized carbons (Fsp3) is 0.267. The van der Waals surface area contributed by atoms with E-state index >= 15 is 0 Å². The van der Waals surface area contributed by atoms with Gasteiger partial charge in [-0.05, 0) is 42.9 Å². The number of aliphatic carboxylic acids is 1. The largest absolute Gasteiger partial charge is 0.482 e. The van der Waals surface area contributed by atoms with Gasteiger partial charge in [-0.3, -0.25) is 0 Å². The lowest BCUT2D eigenvalue weighted by Gasteiger charge is -2.27. The van der Waals surface area contributed by atoms with E-state index in [9.17, 15) is 4.79 Å². The molecule has 0 saturated heterocycles. The van der Waals surface area contributed by atoms with E-state index in [2.05, 4.69) is 30.3 Å². The lowest BCUT2D eigenvalue weighted by molar-refractivity contribution is -0.139. The van der Waals surface area contributed by atoms with Gasteiger partial charge in [0, 0.05) is 17.0 Å². The van der Waals surface area contributed by atoms with Gasteiger partial charge in [-0.2, -0.15) is 0 Å². The molecule has 3 aromatic carbocycles. The van der Waals surface area contributed by atoms with Gasteiger partial charge in [0.15, 0.2) is 18.3 Å². The third-order valence-electron chi connectivity index (χ3n) is 6.64. The molecule has 2 atom stereocenters. The number of ether oxygens (including phenoxy) is 1. The molecule has 1 fully saturated rings. The number of benzene rings is 3. The maximum absolute atomic E-state index is 10.8. The number of hydrogen-bond donors (Lipinski definition) is 1. The molecule has 35 heavy (non-hydrogen) atoms. The molecular formula is C30H29NO4. The van der Waals surface area contributed by atoms with Crippen molar-refractivity contribution in [1.82, 2.24) is 4.98 Å². The van der Waals surface area contributed by atoms with Crippen molar-refractivity contribution in [2.45, 2.75) is 38.0 Å². The average Bonchev–Trinajstić information content (AvgIpc) is 3.35. The fourth-order valence-electron chi connectivity index (χ4n) is 5.03. The van der Waals surface area contributed by atoms with Gasteiger partial charge in [-0.25, -0.2) is 9.78 Å². The Morgan fingerprint density at radius 2 is 1.69 bits per heavy atom. The number of oxazole rings is 1. The molecule has 4 aromatic rings. The predicted molar refractivity (Wildman–Crippen MR) is 135 cm³/mol. The van der Waals surface area contributed by atoms with Crippen LogP contribution in [0, 0.1) is 5.92 Å². The van der Waals surface area contributed by atoms with Gasteiger partial charge in [0.1, 0.15) is 11.4 Å². The number of carbonyl (C=O) groups is 1. The van der Waals surface area contributed by atoms with Gasteiger partial charge in [0.25, 0.3) is 0 Å². The highest BCUT2D eigenvalue weighted by Crippen LogP contribution is 2.41. The first kappa shape index (κ1) is 22.9. The van der Waals surface area contributed by atoms with Crippen LogP contribution in [0.3, 0.4) is 0 Å². The Hall–Kier alpha value is -3.86. The zero-order valence-electron chi connectivity index (χ0n) is 19.6. The van der Waals surface area contributed by atoms with Crippen molar-refractivity contribution in [1.29, 1.82) is 0 Å². The summed E-state index contributed by atoms with van der Waals surface area (Å²) in [6.45, 7) is -0.327. The molecule has 0 aliphatic heterocycles. The van der Waals surface area contributed by atoms with E-state index in [1.165, 1.54) is 5.56 Å². The second-order valence-electron chi connectivity index (χ2n) is 9.23. The summed E-state index contributed by atoms with van der Waals surface area (Å²) < 4.78 is 11.8. The topological polar surface area (TPSA) is 72.6 Å². The SMILES string of the molecule is O=C(O)COc1cccc(CC2CCCC(c3nc(-c4ccccc4)c(-c4ccccc4)o3)C2)c1. The lowest BCUT2D eigenvalue weighted by Crippen LogP contribution is -2.16. The van der Waals surface area contributed by atoms with Gasteiger partial charge >= 0.3 is 5.97 Å². The first-order valence-electron chi connectivity index (χ1n) is 12.2. The first-order chi connectivity index (χ1) is 17.2. The molecular weight excluding hydrogens is 438 g/mol. The first-order valence-corrected chi connectivity index (χ1v) is 12.2. The van der Waals surface area contributed by atoms with Crippen molar-refractivity contribution in [3.63, 3.8) is 0 Å². The molecule has 0 radical (unpaired) electrons. The van der Waals surface area contributed by atoms with Gasteiger partial charge < -0.3 is 14.3 Å². The van der Waals surface area contributed by atoms with Crippen LogP contribution in [-0.4, -0.2) is 22.7 Å². The molecule has 1 heterocycles. The number of carboxylic acid groups (broad SMARTS) is 1. The minimum Gasteiger partial charge on any atom is -0.482 e. The van der Waals surface area contributed by atoms with Gasteiger partial charge in [0.2, 0.25) is 0 Å². The highest BCUT2D eigenvalue weighted by molar-refractivity contribution is 5.76. The fourth-order valence-corrected chi connectivity index (χ4v) is 5.03. The molecule has 1 aliphatic rings. The summed E-state index contributed by atoms with van der Waals surface area (Å²) in [6.07, 6.45) is 5.31. The van der Waals surface area contributed by atoms with E-state index in [0.29, 0.717) is 11.7 Å². The van der Waals surface area contributed by atoms with Crippen molar-refractivity contribution in [3.05, 3.63) is 96.4 Å². The monoisotopic (exact) mass is 467 g/mol. The Labute approximate surface area is 205 Å². The molecule has 1 N–H and O–H groups in total. The molecule has 1 aliphatic carbocycles. The highest BCUT2D eigenvalue weighted by atomic mass is 16.5. The van der Waals surface area contributed by atoms with Crippen LogP contribution in [-0.2, 0) is 11.2 Å². The van der Waals surface area contributed by atoms with Crippen LogP contribution in [0.1, 0.15) is 43.1 Å². The second kappa shape index (κ2) is 10.6. The predicted octanol–water partition coefficient (Wildman–Crippen LogP) is 6.99. The molecule has 5 rings (SSSR count). The normalized spacial score (nSPS) is 17.7. The average molecular weight is 468 g/mol. The van der Waals surface area contributed by atoms with Gasteiger partial charge in [0.05, 0.1) is 0 Å². The number of aromatic nitrogens is 1. The van der Waals surface area contributed by atoms with Crippen molar-refractivity contribution in [2.24, 2.45) is 5.92 Å². The maximum Gasteiger partial charge on any atom is 0.341 e. The molecule has 0 amide bonds. The van der Waals surface area contributed by atoms with Gasteiger partial charge in [-0.15, -0.1) is 0 Å². The summed E-state index contributed by atoms with van der Waals surface area (Å²) in [5.74, 6) is 2.07. The third kappa shape index (κ3) is 5.62. The van der Waals surface area contributed by atoms with Crippen LogP contribution in [0.15, 0.2) is 89.3 Å². The molecule has 5 nitrogen and oxygen atoms in total. The Morgan fingerprint density at radius 3 is 2.43 bits per heavy atom. The van der Waals surface area contributed by atoms with Crippen LogP contribution in [0.5, 0.6) is 5.75 Å². The molecule has 0 bridgehead atoms. The third-order valence-corrected chi connectivity index (χ3v) is 6.64. The van der Waals surface area contributed by atoms with Crippen LogP contribution in [0.4, 0.5) is 0 Å². The summed E-state index contributed by atoms with van der Waals surface area (Å²) in [7, 11) is 0. The molecule has 5 heteroatoms. The quantitative estimate of drug-likeness (QED) is 0.302. The molecule has 2 unspecified atom stereocenters. The lowest BCUT2D eigenvalue weighted by atomic mass is 9.78. The van der Waals surface area contributed by atoms with E-state index in [-0.39, 0.29) is 12.5 Å². The zero-order chi connectivity index (χ0) is 24.0. The smallest absolute Gasteiger partial charge is 0.341 e. The molecule has 0 spiro atoms. The zero-order valence-corrected chi connectivity index (χ0v) is 19.6. The number of hydrogen-bond acceptors (Lipinski definition) is 4. The number of nitrogens with zero attached hydrogens (tertiary/aromatic N) is 1. The molecule has 1 aromatic heterocycles. The van der Waals surface area contributed by atoms with Gasteiger partial charge in [-0.1, -0.05) is 85.6 Å². The van der Waals surface area contributed by atoms with Crippen LogP contribution < -0.4 is 4.74 Å². The summed E-state index contributed by atoms with van der Waals surface area (Å²) in [6, 6.07) is 28.2. The van der Waals surface area contributed by atoms with E-state index in [4.69, 9.17) is 19.2 Å². The van der Waals surface area contributed by atoms with Crippen molar-refractivity contribution in [2.75, 3.05) is 6.61 Å². The summed E-state index contributed by atoms with van der Waals surface area (Å²) in [5, 5.41) is 8.87. The van der Waals surface area contributed by atoms with Crippen molar-refractivity contribution < 1.29 is 19.1 Å². The van der Waals surface area contributed by atoms with Crippen molar-refractivity contribution >= 4 is 5.97 Å². The van der Waals surface area contributed by atoms with E-state index in [1.54, 1.807) is 6.07 Å². The molecule has 1 saturated carbocycles. The van der Waals surface area contributed by atoms with Crippen LogP contribution in [0.25, 0.3) is 22.6 Å². The summed E-state index contributed by atoms with van der Waals surface area (Å²) in [5.41, 5.74) is 4.17. The van der Waals surface area contributed by atoms with Crippen LogP contribution >= 0.6 is 0 Å². The number of carboxylic acids is 1. The van der Waals surface area contributed by atoms with Crippen molar-refractivity contribution in [3.8, 4) is 28.3 Å². The minimum atomic E-state index is -0.971. The Balaban J connectivity index is 1.36. The summed E-state index contributed by atoms with van der Waals surface area (Å²) in [4.78, 5) is 15.8. The van der Waals surface area contributed by atoms with E-state index < -0.39 is 5.97 Å².